The zero-order valence-corrected chi connectivity index (χ0v) is 12.1. The summed E-state index contributed by atoms with van der Waals surface area (Å²) < 4.78 is 0. The molecule has 3 rings (SSSR count). The van der Waals surface area contributed by atoms with Crippen LogP contribution in [0.15, 0.2) is 12.3 Å². The Morgan fingerprint density at radius 2 is 2.45 bits per heavy atom. The summed E-state index contributed by atoms with van der Waals surface area (Å²) in [5.74, 6) is 1.61. The Morgan fingerprint density at radius 1 is 1.55 bits per heavy atom. The molecule has 0 bridgehead atoms. The maximum atomic E-state index is 12.3. The van der Waals surface area contributed by atoms with Crippen molar-refractivity contribution in [2.75, 3.05) is 31.3 Å². The zero-order valence-electron chi connectivity index (χ0n) is 11.2. The quantitative estimate of drug-likeness (QED) is 0.888. The second-order valence-corrected chi connectivity index (χ2v) is 6.22. The first kappa shape index (κ1) is 13.5. The molecule has 108 valence electrons. The van der Waals surface area contributed by atoms with E-state index in [0.717, 1.165) is 31.6 Å². The van der Waals surface area contributed by atoms with E-state index < -0.39 is 0 Å². The molecule has 0 spiro atoms. The third-order valence-corrected chi connectivity index (χ3v) is 4.83. The number of carbonyl (C=O) groups excluding carboxylic acids is 2. The SMILES string of the molecule is O=C1CSCN1CC(=O)N1CCC[C@@H](c2ccn[nH]2)C1. The zero-order chi connectivity index (χ0) is 13.9. The molecule has 2 aliphatic heterocycles. The van der Waals surface area contributed by atoms with E-state index in [9.17, 15) is 9.59 Å². The molecular weight excluding hydrogens is 276 g/mol. The molecule has 1 N–H and O–H groups in total. The van der Waals surface area contributed by atoms with Crippen LogP contribution in [-0.2, 0) is 9.59 Å². The Morgan fingerprint density at radius 3 is 3.15 bits per heavy atom. The van der Waals surface area contributed by atoms with Gasteiger partial charge in [-0.2, -0.15) is 5.10 Å². The minimum atomic E-state index is 0.0602. The number of hydrogen-bond donors (Lipinski definition) is 1. The van der Waals surface area contributed by atoms with E-state index in [1.54, 1.807) is 22.9 Å². The van der Waals surface area contributed by atoms with Crippen molar-refractivity contribution in [3.05, 3.63) is 18.0 Å². The smallest absolute Gasteiger partial charge is 0.242 e. The molecule has 0 unspecified atom stereocenters. The average Bonchev–Trinajstić information content (AvgIpc) is 3.12. The first-order valence-electron chi connectivity index (χ1n) is 6.86. The summed E-state index contributed by atoms with van der Waals surface area (Å²) in [6.45, 7) is 1.73. The summed E-state index contributed by atoms with van der Waals surface area (Å²) in [4.78, 5) is 27.4. The first-order valence-corrected chi connectivity index (χ1v) is 8.02. The van der Waals surface area contributed by atoms with Gasteiger partial charge in [0.1, 0.15) is 6.54 Å². The van der Waals surface area contributed by atoms with Crippen LogP contribution in [-0.4, -0.2) is 63.1 Å². The number of amides is 2. The van der Waals surface area contributed by atoms with Gasteiger partial charge in [0.2, 0.25) is 11.8 Å². The Balaban J connectivity index is 1.59. The van der Waals surface area contributed by atoms with E-state index in [-0.39, 0.29) is 18.4 Å². The summed E-state index contributed by atoms with van der Waals surface area (Å²) in [5, 5.41) is 6.97. The van der Waals surface area contributed by atoms with Gasteiger partial charge in [0.15, 0.2) is 0 Å². The van der Waals surface area contributed by atoms with Crippen LogP contribution in [0.5, 0.6) is 0 Å². The third-order valence-electron chi connectivity index (χ3n) is 3.89. The van der Waals surface area contributed by atoms with Gasteiger partial charge in [-0.15, -0.1) is 11.8 Å². The van der Waals surface area contributed by atoms with Gasteiger partial charge in [-0.05, 0) is 18.9 Å². The van der Waals surface area contributed by atoms with E-state index in [1.807, 2.05) is 11.0 Å². The number of hydrogen-bond acceptors (Lipinski definition) is 4. The van der Waals surface area contributed by atoms with Gasteiger partial charge in [0, 0.05) is 30.9 Å². The van der Waals surface area contributed by atoms with Crippen molar-refractivity contribution in [2.24, 2.45) is 0 Å². The maximum absolute atomic E-state index is 12.3. The average molecular weight is 294 g/mol. The molecular formula is C13H18N4O2S. The molecule has 2 amide bonds. The van der Waals surface area contributed by atoms with Gasteiger partial charge in [-0.1, -0.05) is 0 Å². The van der Waals surface area contributed by atoms with E-state index in [4.69, 9.17) is 0 Å². The number of piperidine rings is 1. The van der Waals surface area contributed by atoms with Crippen molar-refractivity contribution in [1.29, 1.82) is 0 Å². The molecule has 1 atom stereocenters. The Labute approximate surface area is 121 Å². The Hall–Kier alpha value is -1.50. The summed E-state index contributed by atoms with van der Waals surface area (Å²) in [6, 6.07) is 1.97. The number of nitrogens with zero attached hydrogens (tertiary/aromatic N) is 3. The second kappa shape index (κ2) is 5.87. The molecule has 2 fully saturated rings. The molecule has 0 saturated carbocycles. The second-order valence-electron chi connectivity index (χ2n) is 5.26. The molecule has 3 heterocycles. The summed E-state index contributed by atoms with van der Waals surface area (Å²) >= 11 is 1.57. The molecule has 6 nitrogen and oxygen atoms in total. The van der Waals surface area contributed by atoms with Crippen LogP contribution in [0.3, 0.4) is 0 Å². The number of aromatic nitrogens is 2. The van der Waals surface area contributed by atoms with Crippen LogP contribution in [0, 0.1) is 0 Å². The van der Waals surface area contributed by atoms with Crippen LogP contribution < -0.4 is 0 Å². The van der Waals surface area contributed by atoms with E-state index in [0.29, 0.717) is 17.5 Å². The third kappa shape index (κ3) is 2.82. The number of likely N-dealkylation sites (tertiary alicyclic amines) is 1. The molecule has 20 heavy (non-hydrogen) atoms. The lowest BCUT2D eigenvalue weighted by molar-refractivity contribution is -0.138. The highest BCUT2D eigenvalue weighted by atomic mass is 32.2. The highest BCUT2D eigenvalue weighted by molar-refractivity contribution is 8.00. The van der Waals surface area contributed by atoms with Gasteiger partial charge in [0.25, 0.3) is 0 Å². The fourth-order valence-corrected chi connectivity index (χ4v) is 3.66. The van der Waals surface area contributed by atoms with Gasteiger partial charge in [-0.3, -0.25) is 14.7 Å². The lowest BCUT2D eigenvalue weighted by Crippen LogP contribution is -2.45. The monoisotopic (exact) mass is 294 g/mol. The lowest BCUT2D eigenvalue weighted by atomic mass is 9.95. The number of thioether (sulfide) groups is 1. The van der Waals surface area contributed by atoms with E-state index >= 15 is 0 Å². The number of carbonyl (C=O) groups is 2. The molecule has 1 aromatic rings. The van der Waals surface area contributed by atoms with Crippen LogP contribution >= 0.6 is 11.8 Å². The van der Waals surface area contributed by atoms with Gasteiger partial charge >= 0.3 is 0 Å². The van der Waals surface area contributed by atoms with Crippen molar-refractivity contribution in [3.63, 3.8) is 0 Å². The fraction of sp³-hybridized carbons (Fsp3) is 0.615. The lowest BCUT2D eigenvalue weighted by Gasteiger charge is -2.33. The number of aromatic amines is 1. The predicted molar refractivity (Wildman–Crippen MR) is 76.2 cm³/mol. The number of rotatable bonds is 3. The minimum Gasteiger partial charge on any atom is -0.340 e. The Kier molecular flexibility index (Phi) is 3.95. The van der Waals surface area contributed by atoms with Crippen LogP contribution in [0.4, 0.5) is 0 Å². The van der Waals surface area contributed by atoms with Gasteiger partial charge in [-0.25, -0.2) is 0 Å². The van der Waals surface area contributed by atoms with Crippen LogP contribution in [0.25, 0.3) is 0 Å². The summed E-state index contributed by atoms with van der Waals surface area (Å²) in [7, 11) is 0. The molecule has 7 heteroatoms. The summed E-state index contributed by atoms with van der Waals surface area (Å²) in [6.07, 6.45) is 3.82. The minimum absolute atomic E-state index is 0.0602. The van der Waals surface area contributed by atoms with Crippen molar-refractivity contribution in [2.45, 2.75) is 18.8 Å². The first-order chi connectivity index (χ1) is 9.74. The normalized spacial score (nSPS) is 23.4. The molecule has 0 radical (unpaired) electrons. The fourth-order valence-electron chi connectivity index (χ4n) is 2.76. The molecule has 0 aromatic carbocycles. The van der Waals surface area contributed by atoms with Crippen molar-refractivity contribution >= 4 is 23.6 Å². The van der Waals surface area contributed by atoms with Gasteiger partial charge < -0.3 is 9.80 Å². The molecule has 0 aliphatic carbocycles. The van der Waals surface area contributed by atoms with Crippen LogP contribution in [0.1, 0.15) is 24.5 Å². The van der Waals surface area contributed by atoms with Crippen molar-refractivity contribution < 1.29 is 9.59 Å². The highest BCUT2D eigenvalue weighted by Gasteiger charge is 2.29. The van der Waals surface area contributed by atoms with Crippen LogP contribution in [0.2, 0.25) is 0 Å². The van der Waals surface area contributed by atoms with E-state index in [2.05, 4.69) is 10.2 Å². The predicted octanol–water partition coefficient (Wildman–Crippen LogP) is 0.649. The number of nitrogens with one attached hydrogen (secondary N) is 1. The number of H-pyrrole nitrogens is 1. The van der Waals surface area contributed by atoms with Gasteiger partial charge in [0.05, 0.1) is 11.6 Å². The maximum Gasteiger partial charge on any atom is 0.242 e. The molecule has 1 aromatic heterocycles. The summed E-state index contributed by atoms with van der Waals surface area (Å²) in [5.41, 5.74) is 1.09. The topological polar surface area (TPSA) is 69.3 Å². The highest BCUT2D eigenvalue weighted by Crippen LogP contribution is 2.25. The standard InChI is InChI=1S/C13H18N4O2S/c18-12(7-17-9-20-8-13(17)19)16-5-1-2-10(6-16)11-3-4-14-15-11/h3-4,10H,1-2,5-9H2,(H,14,15)/t10-/m1/s1. The van der Waals surface area contributed by atoms with Crippen molar-refractivity contribution in [1.82, 2.24) is 20.0 Å². The Bertz CT molecular complexity index is 491. The molecule has 2 aliphatic rings. The largest absolute Gasteiger partial charge is 0.340 e. The molecule has 2 saturated heterocycles. The van der Waals surface area contributed by atoms with E-state index in [1.165, 1.54) is 0 Å². The van der Waals surface area contributed by atoms with Crippen molar-refractivity contribution in [3.8, 4) is 0 Å².